The van der Waals surface area contributed by atoms with Gasteiger partial charge in [-0.05, 0) is 63.7 Å². The molecule has 3 aliphatic rings. The molecule has 41 heavy (non-hydrogen) atoms. The summed E-state index contributed by atoms with van der Waals surface area (Å²) < 4.78 is 36.0. The second kappa shape index (κ2) is 12.7. The van der Waals surface area contributed by atoms with E-state index >= 15 is 0 Å². The summed E-state index contributed by atoms with van der Waals surface area (Å²) in [5.74, 6) is -3.08. The maximum absolute atomic E-state index is 14.4. The number of allylic oxidation sites excluding steroid dienone is 4. The second-order valence-electron chi connectivity index (χ2n) is 10.6. The maximum atomic E-state index is 14.4. The molecule has 0 saturated carbocycles. The number of likely N-dealkylation sites (tertiary alicyclic amines) is 1. The molecule has 2 aliphatic heterocycles. The van der Waals surface area contributed by atoms with Gasteiger partial charge in [-0.3, -0.25) is 9.69 Å². The van der Waals surface area contributed by atoms with Crippen LogP contribution in [0.1, 0.15) is 54.3 Å². The largest absolute Gasteiger partial charge is 0.510 e. The Kier molecular flexibility index (Phi) is 9.44. The lowest BCUT2D eigenvalue weighted by atomic mass is 9.85. The van der Waals surface area contributed by atoms with Crippen molar-refractivity contribution in [2.75, 3.05) is 19.7 Å². The Balaban J connectivity index is 0.000000334. The van der Waals surface area contributed by atoms with Crippen LogP contribution in [0.5, 0.6) is 0 Å². The van der Waals surface area contributed by atoms with Crippen molar-refractivity contribution in [2.45, 2.75) is 64.2 Å². The lowest BCUT2D eigenvalue weighted by molar-refractivity contribution is -0.144. The summed E-state index contributed by atoms with van der Waals surface area (Å²) in [5.41, 5.74) is 3.29. The Hall–Kier alpha value is -3.37. The van der Waals surface area contributed by atoms with Crippen LogP contribution in [0.25, 0.3) is 5.70 Å². The Bertz CT molecular complexity index is 1400. The molecule has 1 fully saturated rings. The number of nitrogens with zero attached hydrogens (tertiary/aromatic N) is 4. The molecular formula is C29H34F2N4O5S. The average Bonchev–Trinajstić information content (AvgIpc) is 3.51. The average molecular weight is 589 g/mol. The standard InChI is InChI=1S/C23H24F2N4OS.C6H10O4/c1-15-18(14-29(27-15)21-17(12-26)3-2-4-19(21)24)13-28-8-6-23(7-9-28)22-16(5-10-30-23)11-20(25)31-22;1-3(6(9)10)5(8)4(2)7/h4,11,14H,2-3,5-10,13H2,1H3;3,5,7-8H,2H2,1H3,(H,9,10)/t;3-,5-/m.1/s1. The minimum atomic E-state index is -1.38. The molecular weight excluding hydrogens is 554 g/mol. The van der Waals surface area contributed by atoms with Gasteiger partial charge in [-0.2, -0.15) is 14.8 Å². The summed E-state index contributed by atoms with van der Waals surface area (Å²) in [6.07, 6.45) is 5.49. The number of carbonyl (C=O) groups is 1. The van der Waals surface area contributed by atoms with E-state index in [-0.39, 0.29) is 22.3 Å². The van der Waals surface area contributed by atoms with Crippen molar-refractivity contribution in [3.8, 4) is 6.07 Å². The summed E-state index contributed by atoms with van der Waals surface area (Å²) in [7, 11) is 0. The molecule has 0 radical (unpaired) electrons. The van der Waals surface area contributed by atoms with Gasteiger partial charge in [-0.15, -0.1) is 11.3 Å². The SMILES string of the molecule is C=C(O)[C@H](O)[C@@H](C)C(=O)O.Cc1nn(C2=C(C#N)CCC=C2F)cc1CN1CCC2(CC1)OCCc1cc(F)sc12. The van der Waals surface area contributed by atoms with Crippen LogP contribution in [0.2, 0.25) is 0 Å². The lowest BCUT2D eigenvalue weighted by Gasteiger charge is -2.43. The highest BCUT2D eigenvalue weighted by atomic mass is 32.1. The fourth-order valence-corrected chi connectivity index (χ4v) is 6.46. The lowest BCUT2D eigenvalue weighted by Crippen LogP contribution is -2.45. The Morgan fingerprint density at radius 1 is 1.32 bits per heavy atom. The number of aryl methyl sites for hydroxylation is 1. The van der Waals surface area contributed by atoms with E-state index in [2.05, 4.69) is 22.6 Å². The number of carboxylic acid groups (broad SMARTS) is 1. The van der Waals surface area contributed by atoms with E-state index in [1.807, 2.05) is 13.1 Å². The van der Waals surface area contributed by atoms with Crippen LogP contribution >= 0.6 is 11.3 Å². The van der Waals surface area contributed by atoms with Gasteiger partial charge in [0.05, 0.1) is 29.9 Å². The number of fused-ring (bicyclic) bond motifs is 2. The maximum Gasteiger partial charge on any atom is 0.309 e. The third-order valence-electron chi connectivity index (χ3n) is 7.80. The predicted octanol–water partition coefficient (Wildman–Crippen LogP) is 4.98. The predicted molar refractivity (Wildman–Crippen MR) is 149 cm³/mol. The number of halogens is 2. The zero-order valence-electron chi connectivity index (χ0n) is 23.1. The van der Waals surface area contributed by atoms with Gasteiger partial charge >= 0.3 is 5.97 Å². The number of thiophene rings is 1. The zero-order valence-corrected chi connectivity index (χ0v) is 23.9. The van der Waals surface area contributed by atoms with E-state index in [0.717, 1.165) is 54.0 Å². The number of ether oxygens (including phenoxy) is 1. The van der Waals surface area contributed by atoms with Gasteiger partial charge in [0.2, 0.25) is 0 Å². The third kappa shape index (κ3) is 6.59. The minimum Gasteiger partial charge on any atom is -0.510 e. The number of aliphatic hydroxyl groups is 2. The highest BCUT2D eigenvalue weighted by Crippen LogP contribution is 2.45. The molecule has 1 aliphatic carbocycles. The van der Waals surface area contributed by atoms with E-state index in [1.54, 1.807) is 6.07 Å². The monoisotopic (exact) mass is 588 g/mol. The van der Waals surface area contributed by atoms with E-state index in [9.17, 15) is 18.8 Å². The molecule has 12 heteroatoms. The Labute approximate surface area is 241 Å². The van der Waals surface area contributed by atoms with Crippen LogP contribution in [0, 0.1) is 29.3 Å². The molecule has 1 saturated heterocycles. The van der Waals surface area contributed by atoms with Crippen molar-refractivity contribution in [1.29, 1.82) is 5.26 Å². The molecule has 220 valence electrons. The normalized spacial score (nSPS) is 19.9. The van der Waals surface area contributed by atoms with Crippen molar-refractivity contribution < 1.29 is 33.6 Å². The van der Waals surface area contributed by atoms with Crippen molar-refractivity contribution >= 4 is 23.0 Å². The molecule has 0 bridgehead atoms. The van der Waals surface area contributed by atoms with Crippen LogP contribution < -0.4 is 0 Å². The second-order valence-corrected chi connectivity index (χ2v) is 11.6. The molecule has 2 aromatic heterocycles. The first-order valence-electron chi connectivity index (χ1n) is 13.4. The number of nitriles is 1. The molecule has 0 aromatic carbocycles. The number of aliphatic hydroxyl groups excluding tert-OH is 2. The van der Waals surface area contributed by atoms with Crippen molar-refractivity contribution in [3.63, 3.8) is 0 Å². The Morgan fingerprint density at radius 3 is 2.63 bits per heavy atom. The summed E-state index contributed by atoms with van der Waals surface area (Å²) in [5, 5.41) is 39.4. The van der Waals surface area contributed by atoms with Gasteiger partial charge < -0.3 is 20.1 Å². The number of rotatable bonds is 6. The number of carboxylic acids is 1. The first kappa shape index (κ1) is 30.6. The van der Waals surface area contributed by atoms with Crippen molar-refractivity contribution in [3.05, 3.63) is 68.9 Å². The quantitative estimate of drug-likeness (QED) is 0.403. The third-order valence-corrected chi connectivity index (χ3v) is 8.95. The van der Waals surface area contributed by atoms with Gasteiger partial charge in [-0.1, -0.05) is 6.58 Å². The van der Waals surface area contributed by atoms with E-state index < -0.39 is 23.8 Å². The highest BCUT2D eigenvalue weighted by Gasteiger charge is 2.42. The summed E-state index contributed by atoms with van der Waals surface area (Å²) in [6, 6.07) is 3.79. The van der Waals surface area contributed by atoms with Crippen LogP contribution in [0.15, 0.2) is 42.1 Å². The van der Waals surface area contributed by atoms with Crippen LogP contribution in [-0.4, -0.2) is 61.8 Å². The van der Waals surface area contributed by atoms with Crippen molar-refractivity contribution in [2.24, 2.45) is 5.92 Å². The van der Waals surface area contributed by atoms with Gasteiger partial charge in [0.1, 0.15) is 29.0 Å². The van der Waals surface area contributed by atoms with Crippen LogP contribution in [0.3, 0.4) is 0 Å². The minimum absolute atomic E-state index is 0.129. The first-order chi connectivity index (χ1) is 19.5. The van der Waals surface area contributed by atoms with E-state index in [4.69, 9.17) is 20.1 Å². The fraction of sp³-hybridized carbons (Fsp3) is 0.483. The molecule has 0 amide bonds. The molecule has 4 heterocycles. The molecule has 2 aromatic rings. The number of aromatic nitrogens is 2. The number of aliphatic carboxylic acids is 1. The van der Waals surface area contributed by atoms with E-state index in [0.29, 0.717) is 31.6 Å². The van der Waals surface area contributed by atoms with Crippen LogP contribution in [-0.2, 0) is 28.1 Å². The summed E-state index contributed by atoms with van der Waals surface area (Å²) in [6.45, 7) is 9.22. The topological polar surface area (TPSA) is 132 Å². The van der Waals surface area contributed by atoms with Crippen LogP contribution in [0.4, 0.5) is 8.78 Å². The van der Waals surface area contributed by atoms with E-state index in [1.165, 1.54) is 29.0 Å². The van der Waals surface area contributed by atoms with Gasteiger partial charge in [-0.25, -0.2) is 9.07 Å². The number of hydrogen-bond donors (Lipinski definition) is 3. The van der Waals surface area contributed by atoms with Gasteiger partial charge in [0.15, 0.2) is 5.13 Å². The van der Waals surface area contributed by atoms with Crippen molar-refractivity contribution in [1.82, 2.24) is 14.7 Å². The van der Waals surface area contributed by atoms with Gasteiger partial charge in [0, 0.05) is 36.3 Å². The smallest absolute Gasteiger partial charge is 0.309 e. The fourth-order valence-electron chi connectivity index (χ4n) is 5.32. The molecule has 9 nitrogen and oxygen atoms in total. The molecule has 1 spiro atoms. The number of piperidine rings is 1. The summed E-state index contributed by atoms with van der Waals surface area (Å²) >= 11 is 1.23. The molecule has 0 unspecified atom stereocenters. The molecule has 5 rings (SSSR count). The highest BCUT2D eigenvalue weighted by molar-refractivity contribution is 7.10. The zero-order chi connectivity index (χ0) is 29.9. The first-order valence-corrected chi connectivity index (χ1v) is 14.3. The van der Waals surface area contributed by atoms with Gasteiger partial charge in [0.25, 0.3) is 0 Å². The molecule has 3 N–H and O–H groups in total. The summed E-state index contributed by atoms with van der Waals surface area (Å²) in [4.78, 5) is 13.5. The molecule has 2 atom stereocenters. The number of hydrogen-bond acceptors (Lipinski definition) is 8. The Morgan fingerprint density at radius 2 is 2.02 bits per heavy atom.